The van der Waals surface area contributed by atoms with Crippen LogP contribution in [0.4, 0.5) is 0 Å². The summed E-state index contributed by atoms with van der Waals surface area (Å²) in [6, 6.07) is 5.95. The quantitative estimate of drug-likeness (QED) is 0.488. The fraction of sp³-hybridized carbons (Fsp3) is 0.391. The summed E-state index contributed by atoms with van der Waals surface area (Å²) < 4.78 is 11.5. The lowest BCUT2D eigenvalue weighted by Crippen LogP contribution is -2.20. The first-order chi connectivity index (χ1) is 13.5. The van der Waals surface area contributed by atoms with Crippen molar-refractivity contribution in [2.24, 2.45) is 10.9 Å². The van der Waals surface area contributed by atoms with Crippen molar-refractivity contribution in [2.45, 2.75) is 39.5 Å². The standard InChI is InChI=1S/C23H27NO3S/c1-6-16-7-9-18-21(11-16)28-22-12-17(8-10-19(22)23(18)25)20(14(2)26-4)13-24-15(3)27-5/h8,10,12-13,16H,3,6-7,9,11H2,1-2,4-5H3/b20-14-,24-13-. The maximum atomic E-state index is 13.0. The molecule has 28 heavy (non-hydrogen) atoms. The molecule has 0 spiro atoms. The lowest BCUT2D eigenvalue weighted by atomic mass is 9.86. The average molecular weight is 398 g/mol. The van der Waals surface area contributed by atoms with Crippen molar-refractivity contribution < 1.29 is 9.47 Å². The number of nitrogens with zero attached hydrogens (tertiary/aromatic N) is 1. The second kappa shape index (κ2) is 8.74. The van der Waals surface area contributed by atoms with Crippen molar-refractivity contribution in [2.75, 3.05) is 14.2 Å². The van der Waals surface area contributed by atoms with Crippen LogP contribution in [0, 0.1) is 5.92 Å². The summed E-state index contributed by atoms with van der Waals surface area (Å²) in [6.07, 6.45) is 5.90. The summed E-state index contributed by atoms with van der Waals surface area (Å²) in [7, 11) is 3.17. The molecule has 0 saturated heterocycles. The average Bonchev–Trinajstić information content (AvgIpc) is 2.72. The Morgan fingerprint density at radius 2 is 2.14 bits per heavy atom. The SMILES string of the molecule is C=C(/N=C\C(=C(/C)OC)c1ccc2c(=O)c3c(sc2c1)CC(CC)CC3)OC. The minimum atomic E-state index is 0.195. The van der Waals surface area contributed by atoms with Crippen molar-refractivity contribution in [3.05, 3.63) is 62.6 Å². The molecule has 0 radical (unpaired) electrons. The molecule has 1 atom stereocenters. The zero-order valence-corrected chi connectivity index (χ0v) is 17.8. The Morgan fingerprint density at radius 1 is 1.36 bits per heavy atom. The predicted molar refractivity (Wildman–Crippen MR) is 118 cm³/mol. The maximum Gasteiger partial charge on any atom is 0.205 e. The van der Waals surface area contributed by atoms with Crippen LogP contribution in [0.1, 0.15) is 42.7 Å². The fourth-order valence-corrected chi connectivity index (χ4v) is 4.95. The van der Waals surface area contributed by atoms with Gasteiger partial charge in [0.1, 0.15) is 5.76 Å². The van der Waals surface area contributed by atoms with Gasteiger partial charge in [-0.2, -0.15) is 0 Å². The minimum Gasteiger partial charge on any atom is -0.501 e. The van der Waals surface area contributed by atoms with E-state index >= 15 is 0 Å². The van der Waals surface area contributed by atoms with Gasteiger partial charge in [0, 0.05) is 32.3 Å². The van der Waals surface area contributed by atoms with Crippen LogP contribution in [-0.2, 0) is 22.3 Å². The molecule has 1 aliphatic rings. The van der Waals surface area contributed by atoms with Crippen LogP contribution in [0.3, 0.4) is 0 Å². The number of aliphatic imine (C=N–C) groups is 1. The Morgan fingerprint density at radius 3 is 2.82 bits per heavy atom. The molecular formula is C23H27NO3S. The number of ether oxygens (including phenoxy) is 2. The Hall–Kier alpha value is -2.40. The number of methoxy groups -OCH3 is 2. The molecule has 2 aromatic rings. The van der Waals surface area contributed by atoms with Gasteiger partial charge in [0.15, 0.2) is 5.43 Å². The van der Waals surface area contributed by atoms with Crippen LogP contribution in [0.25, 0.3) is 15.7 Å². The van der Waals surface area contributed by atoms with E-state index in [4.69, 9.17) is 9.47 Å². The van der Waals surface area contributed by atoms with Gasteiger partial charge in [-0.3, -0.25) is 4.79 Å². The normalized spacial score (nSPS) is 17.4. The summed E-state index contributed by atoms with van der Waals surface area (Å²) in [6.45, 7) is 7.85. The van der Waals surface area contributed by atoms with Crippen LogP contribution in [-0.4, -0.2) is 20.4 Å². The van der Waals surface area contributed by atoms with E-state index < -0.39 is 0 Å². The summed E-state index contributed by atoms with van der Waals surface area (Å²) in [5.41, 5.74) is 3.02. The smallest absolute Gasteiger partial charge is 0.205 e. The first-order valence-electron chi connectivity index (χ1n) is 9.59. The minimum absolute atomic E-state index is 0.195. The molecule has 0 amide bonds. The van der Waals surface area contributed by atoms with Crippen molar-refractivity contribution in [1.82, 2.24) is 0 Å². The molecule has 1 heterocycles. The highest BCUT2D eigenvalue weighted by molar-refractivity contribution is 7.18. The third-order valence-corrected chi connectivity index (χ3v) is 6.71. The third-order valence-electron chi connectivity index (χ3n) is 5.49. The first-order valence-corrected chi connectivity index (χ1v) is 10.4. The molecule has 0 bridgehead atoms. The Balaban J connectivity index is 2.11. The topological polar surface area (TPSA) is 47.9 Å². The number of rotatable bonds is 6. The largest absolute Gasteiger partial charge is 0.501 e. The number of benzene rings is 1. The molecule has 0 saturated carbocycles. The summed E-state index contributed by atoms with van der Waals surface area (Å²) >= 11 is 1.75. The van der Waals surface area contributed by atoms with Gasteiger partial charge in [-0.25, -0.2) is 4.99 Å². The Kier molecular flexibility index (Phi) is 6.35. The molecular weight excluding hydrogens is 370 g/mol. The number of fused-ring (bicyclic) bond motifs is 2. The monoisotopic (exact) mass is 397 g/mol. The van der Waals surface area contributed by atoms with Gasteiger partial charge < -0.3 is 9.47 Å². The van der Waals surface area contributed by atoms with Crippen LogP contribution >= 0.6 is 11.3 Å². The van der Waals surface area contributed by atoms with Crippen molar-refractivity contribution in [3.8, 4) is 0 Å². The van der Waals surface area contributed by atoms with E-state index in [9.17, 15) is 4.79 Å². The van der Waals surface area contributed by atoms with Crippen LogP contribution in [0.5, 0.6) is 0 Å². The second-order valence-corrected chi connectivity index (χ2v) is 8.23. The van der Waals surface area contributed by atoms with Crippen molar-refractivity contribution in [3.63, 3.8) is 0 Å². The summed E-state index contributed by atoms with van der Waals surface area (Å²) in [5, 5.41) is 0.801. The molecule has 0 N–H and O–H groups in total. The summed E-state index contributed by atoms with van der Waals surface area (Å²) in [4.78, 5) is 18.5. The molecule has 5 heteroatoms. The number of hydrogen-bond donors (Lipinski definition) is 0. The number of hydrogen-bond acceptors (Lipinski definition) is 5. The third kappa shape index (κ3) is 4.04. The molecule has 1 unspecified atom stereocenters. The second-order valence-electron chi connectivity index (χ2n) is 7.09. The molecule has 148 valence electrons. The lowest BCUT2D eigenvalue weighted by molar-refractivity contribution is 0.290. The molecule has 1 aliphatic carbocycles. The van der Waals surface area contributed by atoms with E-state index in [1.54, 1.807) is 24.7 Å². The van der Waals surface area contributed by atoms with E-state index in [0.717, 1.165) is 58.2 Å². The van der Waals surface area contributed by atoms with Crippen LogP contribution in [0.2, 0.25) is 0 Å². The Labute approximate surface area is 170 Å². The summed E-state index contributed by atoms with van der Waals surface area (Å²) in [5.74, 6) is 1.75. The van der Waals surface area contributed by atoms with E-state index in [1.807, 2.05) is 19.1 Å². The highest BCUT2D eigenvalue weighted by Gasteiger charge is 2.22. The van der Waals surface area contributed by atoms with Gasteiger partial charge in [0.25, 0.3) is 0 Å². The van der Waals surface area contributed by atoms with Gasteiger partial charge >= 0.3 is 0 Å². The zero-order chi connectivity index (χ0) is 20.3. The van der Waals surface area contributed by atoms with Gasteiger partial charge in [0.2, 0.25) is 5.88 Å². The van der Waals surface area contributed by atoms with Crippen molar-refractivity contribution >= 4 is 33.2 Å². The predicted octanol–water partition coefficient (Wildman–Crippen LogP) is 5.34. The molecule has 3 rings (SSSR count). The Bertz CT molecular complexity index is 1020. The molecule has 0 fully saturated rings. The van der Waals surface area contributed by atoms with Gasteiger partial charge in [-0.1, -0.05) is 19.4 Å². The van der Waals surface area contributed by atoms with E-state index in [-0.39, 0.29) is 5.43 Å². The molecule has 1 aromatic carbocycles. The van der Waals surface area contributed by atoms with Crippen LogP contribution in [0.15, 0.2) is 46.2 Å². The van der Waals surface area contributed by atoms with Gasteiger partial charge in [-0.05, 0) is 56.4 Å². The number of allylic oxidation sites excluding steroid dienone is 2. The van der Waals surface area contributed by atoms with Crippen LogP contribution < -0.4 is 5.43 Å². The highest BCUT2D eigenvalue weighted by Crippen LogP contribution is 2.33. The molecule has 1 aromatic heterocycles. The lowest BCUT2D eigenvalue weighted by Gasteiger charge is -2.22. The van der Waals surface area contributed by atoms with Gasteiger partial charge in [-0.15, -0.1) is 11.3 Å². The molecule has 4 nitrogen and oxygen atoms in total. The first kappa shape index (κ1) is 20.3. The molecule has 0 aliphatic heterocycles. The van der Waals surface area contributed by atoms with E-state index in [2.05, 4.69) is 24.6 Å². The van der Waals surface area contributed by atoms with Crippen molar-refractivity contribution in [1.29, 1.82) is 0 Å². The fourth-order valence-electron chi connectivity index (χ4n) is 3.59. The van der Waals surface area contributed by atoms with E-state index in [1.165, 1.54) is 12.0 Å². The van der Waals surface area contributed by atoms with E-state index in [0.29, 0.717) is 11.8 Å². The zero-order valence-electron chi connectivity index (χ0n) is 17.0. The highest BCUT2D eigenvalue weighted by atomic mass is 32.1. The van der Waals surface area contributed by atoms with Gasteiger partial charge in [0.05, 0.1) is 14.2 Å². The maximum absolute atomic E-state index is 13.0.